The molecule has 5 nitrogen and oxygen atoms in total. The summed E-state index contributed by atoms with van der Waals surface area (Å²) in [5, 5.41) is 9.52. The van der Waals surface area contributed by atoms with Crippen molar-refractivity contribution in [2.24, 2.45) is 0 Å². The Balaban J connectivity index is 3.65. The summed E-state index contributed by atoms with van der Waals surface area (Å²) < 4.78 is 10.5. The second kappa shape index (κ2) is 35.6. The van der Waals surface area contributed by atoms with Crippen molar-refractivity contribution in [3.8, 4) is 0 Å². The summed E-state index contributed by atoms with van der Waals surface area (Å²) in [6.45, 7) is 4.08. The molecule has 0 heterocycles. The molecule has 0 radical (unpaired) electrons. The van der Waals surface area contributed by atoms with Crippen LogP contribution in [-0.4, -0.2) is 36.4 Å². The minimum absolute atomic E-state index is 0.0896. The third-order valence-electron chi connectivity index (χ3n) is 7.94. The number of aliphatic hydroxyl groups is 1. The lowest BCUT2D eigenvalue weighted by Crippen LogP contribution is -2.28. The number of aliphatic hydroxyl groups excluding tert-OH is 1. The molecular formula is C39H70O5. The number of carbonyl (C=O) groups is 2. The first-order chi connectivity index (χ1) is 21.6. The third kappa shape index (κ3) is 33.0. The van der Waals surface area contributed by atoms with Gasteiger partial charge in [-0.3, -0.25) is 9.59 Å². The Bertz CT molecular complexity index is 711. The highest BCUT2D eigenvalue weighted by Gasteiger charge is 2.16. The van der Waals surface area contributed by atoms with E-state index in [1.54, 1.807) is 0 Å². The van der Waals surface area contributed by atoms with Crippen LogP contribution >= 0.6 is 0 Å². The van der Waals surface area contributed by atoms with Crippen LogP contribution in [-0.2, 0) is 19.1 Å². The van der Waals surface area contributed by atoms with Gasteiger partial charge in [-0.2, -0.15) is 0 Å². The van der Waals surface area contributed by atoms with Crippen LogP contribution in [0.4, 0.5) is 0 Å². The van der Waals surface area contributed by atoms with Gasteiger partial charge in [-0.15, -0.1) is 0 Å². The number of carbonyl (C=O) groups excluding carboxylic acids is 2. The molecular weight excluding hydrogens is 548 g/mol. The number of unbranched alkanes of at least 4 members (excludes halogenated alkanes) is 19. The van der Waals surface area contributed by atoms with Gasteiger partial charge in [0.05, 0.1) is 6.61 Å². The lowest BCUT2D eigenvalue weighted by Gasteiger charge is -2.15. The molecule has 0 aromatic carbocycles. The Hall–Kier alpha value is -1.88. The molecule has 0 saturated heterocycles. The summed E-state index contributed by atoms with van der Waals surface area (Å²) >= 11 is 0. The monoisotopic (exact) mass is 619 g/mol. The summed E-state index contributed by atoms with van der Waals surface area (Å²) in [5.74, 6) is -0.649. The van der Waals surface area contributed by atoms with E-state index in [1.165, 1.54) is 109 Å². The van der Waals surface area contributed by atoms with E-state index in [1.807, 2.05) is 0 Å². The van der Waals surface area contributed by atoms with Crippen LogP contribution in [0.15, 0.2) is 36.5 Å². The molecule has 0 amide bonds. The van der Waals surface area contributed by atoms with Crippen LogP contribution in [0.25, 0.3) is 0 Å². The number of esters is 2. The molecule has 44 heavy (non-hydrogen) atoms. The van der Waals surface area contributed by atoms with Gasteiger partial charge in [0.2, 0.25) is 0 Å². The fourth-order valence-electron chi connectivity index (χ4n) is 5.10. The Morgan fingerprint density at radius 2 is 0.932 bits per heavy atom. The number of allylic oxidation sites excluding steroid dienone is 6. The summed E-state index contributed by atoms with van der Waals surface area (Å²) in [6, 6.07) is 0. The molecule has 0 spiro atoms. The van der Waals surface area contributed by atoms with Crippen LogP contribution in [0.2, 0.25) is 0 Å². The molecule has 256 valence electrons. The fourth-order valence-corrected chi connectivity index (χ4v) is 5.10. The Morgan fingerprint density at radius 3 is 1.43 bits per heavy atom. The molecule has 0 saturated carbocycles. The second-order valence-electron chi connectivity index (χ2n) is 12.3. The van der Waals surface area contributed by atoms with E-state index in [2.05, 4.69) is 50.3 Å². The standard InChI is InChI=1S/C39H70O5/c1-3-5-7-9-11-13-15-17-18-19-20-22-23-25-27-29-31-33-38(41)43-36-37(35-40)44-39(42)34-32-30-28-26-24-21-16-14-12-10-8-6-4-2/h17-18,20,22,25,27,37,40H,3-16,19,21,23-24,26,28-36H2,1-2H3. The maximum Gasteiger partial charge on any atom is 0.306 e. The lowest BCUT2D eigenvalue weighted by atomic mass is 10.0. The van der Waals surface area contributed by atoms with E-state index >= 15 is 0 Å². The molecule has 0 rings (SSSR count). The van der Waals surface area contributed by atoms with E-state index < -0.39 is 6.10 Å². The van der Waals surface area contributed by atoms with Crippen molar-refractivity contribution in [1.29, 1.82) is 0 Å². The highest BCUT2D eigenvalue weighted by atomic mass is 16.6. The third-order valence-corrected chi connectivity index (χ3v) is 7.94. The zero-order valence-electron chi connectivity index (χ0n) is 28.9. The van der Waals surface area contributed by atoms with Crippen molar-refractivity contribution >= 4 is 11.9 Å². The first-order valence-electron chi connectivity index (χ1n) is 18.5. The highest BCUT2D eigenvalue weighted by molar-refractivity contribution is 5.70. The van der Waals surface area contributed by atoms with Crippen molar-refractivity contribution < 1.29 is 24.2 Å². The van der Waals surface area contributed by atoms with E-state index in [4.69, 9.17) is 9.47 Å². The molecule has 0 aromatic rings. The average Bonchev–Trinajstić information content (AvgIpc) is 3.02. The van der Waals surface area contributed by atoms with Crippen molar-refractivity contribution in [1.82, 2.24) is 0 Å². The topological polar surface area (TPSA) is 72.8 Å². The summed E-state index contributed by atoms with van der Waals surface area (Å²) in [5.41, 5.74) is 0. The number of ether oxygens (including phenoxy) is 2. The molecule has 0 aliphatic carbocycles. The molecule has 0 aromatic heterocycles. The summed E-state index contributed by atoms with van der Waals surface area (Å²) in [6.07, 6.45) is 42.0. The van der Waals surface area contributed by atoms with Crippen LogP contribution < -0.4 is 0 Å². The van der Waals surface area contributed by atoms with E-state index in [0.29, 0.717) is 19.3 Å². The van der Waals surface area contributed by atoms with Crippen molar-refractivity contribution in [2.45, 2.75) is 187 Å². The molecule has 0 aliphatic rings. The first-order valence-corrected chi connectivity index (χ1v) is 18.5. The summed E-state index contributed by atoms with van der Waals surface area (Å²) in [4.78, 5) is 24.1. The average molecular weight is 619 g/mol. The normalized spacial score (nSPS) is 12.5. The lowest BCUT2D eigenvalue weighted by molar-refractivity contribution is -0.161. The van der Waals surface area contributed by atoms with E-state index in [0.717, 1.165) is 38.5 Å². The van der Waals surface area contributed by atoms with Crippen molar-refractivity contribution in [3.05, 3.63) is 36.5 Å². The van der Waals surface area contributed by atoms with Crippen LogP contribution in [0.1, 0.15) is 181 Å². The maximum absolute atomic E-state index is 12.1. The molecule has 1 N–H and O–H groups in total. The predicted octanol–water partition coefficient (Wildman–Crippen LogP) is 11.3. The van der Waals surface area contributed by atoms with Gasteiger partial charge in [0.15, 0.2) is 6.10 Å². The maximum atomic E-state index is 12.1. The number of hydrogen-bond acceptors (Lipinski definition) is 5. The largest absolute Gasteiger partial charge is 0.462 e. The molecule has 0 bridgehead atoms. The van der Waals surface area contributed by atoms with Gasteiger partial charge in [0.1, 0.15) is 6.61 Å². The van der Waals surface area contributed by atoms with Gasteiger partial charge in [0.25, 0.3) is 0 Å². The van der Waals surface area contributed by atoms with Gasteiger partial charge < -0.3 is 14.6 Å². The zero-order valence-corrected chi connectivity index (χ0v) is 28.9. The minimum Gasteiger partial charge on any atom is -0.462 e. The Labute approximate surface area is 272 Å². The Morgan fingerprint density at radius 1 is 0.523 bits per heavy atom. The van der Waals surface area contributed by atoms with E-state index in [-0.39, 0.29) is 25.2 Å². The molecule has 0 aliphatic heterocycles. The van der Waals surface area contributed by atoms with Crippen molar-refractivity contribution in [3.63, 3.8) is 0 Å². The first kappa shape index (κ1) is 42.1. The van der Waals surface area contributed by atoms with Crippen molar-refractivity contribution in [2.75, 3.05) is 13.2 Å². The highest BCUT2D eigenvalue weighted by Crippen LogP contribution is 2.13. The van der Waals surface area contributed by atoms with Crippen LogP contribution in [0.3, 0.4) is 0 Å². The Kier molecular flexibility index (Phi) is 34.1. The SMILES string of the molecule is CCCCCCCCC=CCC=CCC=CCCCC(=O)OCC(CO)OC(=O)CCCCCCCCCCCCCCC. The van der Waals surface area contributed by atoms with Gasteiger partial charge >= 0.3 is 11.9 Å². The molecule has 5 heteroatoms. The van der Waals surface area contributed by atoms with Gasteiger partial charge in [-0.1, -0.05) is 159 Å². The van der Waals surface area contributed by atoms with Gasteiger partial charge in [-0.05, 0) is 44.9 Å². The quantitative estimate of drug-likeness (QED) is 0.0450. The van der Waals surface area contributed by atoms with Crippen LogP contribution in [0.5, 0.6) is 0 Å². The number of rotatable bonds is 33. The second-order valence-corrected chi connectivity index (χ2v) is 12.3. The molecule has 1 unspecified atom stereocenters. The molecule has 0 fully saturated rings. The predicted molar refractivity (Wildman–Crippen MR) is 187 cm³/mol. The molecule has 1 atom stereocenters. The fraction of sp³-hybridized carbons (Fsp3) is 0.795. The summed E-state index contributed by atoms with van der Waals surface area (Å²) in [7, 11) is 0. The number of hydrogen-bond donors (Lipinski definition) is 1. The minimum atomic E-state index is -0.787. The van der Waals surface area contributed by atoms with Gasteiger partial charge in [-0.25, -0.2) is 0 Å². The van der Waals surface area contributed by atoms with E-state index in [9.17, 15) is 14.7 Å². The van der Waals surface area contributed by atoms with Crippen LogP contribution in [0, 0.1) is 0 Å². The zero-order chi connectivity index (χ0) is 32.2. The smallest absolute Gasteiger partial charge is 0.306 e. The van der Waals surface area contributed by atoms with Gasteiger partial charge in [0, 0.05) is 12.8 Å².